The molecule has 1 atom stereocenters. The first-order valence-electron chi connectivity index (χ1n) is 8.80. The first-order chi connectivity index (χ1) is 13.3. The van der Waals surface area contributed by atoms with Gasteiger partial charge in [0.2, 0.25) is 5.95 Å². The van der Waals surface area contributed by atoms with Crippen molar-refractivity contribution in [1.29, 1.82) is 0 Å². The molecule has 0 saturated carbocycles. The van der Waals surface area contributed by atoms with Crippen molar-refractivity contribution in [2.24, 2.45) is 0 Å². The zero-order chi connectivity index (χ0) is 20.3. The highest BCUT2D eigenvalue weighted by Crippen LogP contribution is 2.36. The third-order valence-corrected chi connectivity index (χ3v) is 5.03. The van der Waals surface area contributed by atoms with Crippen molar-refractivity contribution in [2.75, 3.05) is 36.4 Å². The van der Waals surface area contributed by atoms with E-state index in [9.17, 15) is 18.0 Å². The number of aromatic nitrogens is 2. The Morgan fingerprint density at radius 3 is 2.50 bits per heavy atom. The molecule has 1 aliphatic rings. The van der Waals surface area contributed by atoms with E-state index in [1.807, 2.05) is 4.90 Å². The molecule has 0 spiro atoms. The SMILES string of the molecule is C[C@H](C(=O)Nc1ccc(Cl)cc1C(F)(F)F)[NH+]1CCN(c2ncccn2)CC1. The smallest absolute Gasteiger partial charge is 0.330 e. The van der Waals surface area contributed by atoms with E-state index in [-0.39, 0.29) is 10.7 Å². The number of halogens is 4. The van der Waals surface area contributed by atoms with E-state index in [1.165, 1.54) is 12.1 Å². The van der Waals surface area contributed by atoms with Crippen molar-refractivity contribution in [3.63, 3.8) is 0 Å². The third kappa shape index (κ3) is 4.71. The molecule has 2 N–H and O–H groups in total. The van der Waals surface area contributed by atoms with Gasteiger partial charge in [0.25, 0.3) is 5.91 Å². The van der Waals surface area contributed by atoms with Crippen molar-refractivity contribution >= 4 is 29.1 Å². The fraction of sp³-hybridized carbons (Fsp3) is 0.389. The van der Waals surface area contributed by atoms with Crippen LogP contribution in [0, 0.1) is 0 Å². The first-order valence-corrected chi connectivity index (χ1v) is 9.17. The normalized spacial score (nSPS) is 16.7. The molecule has 1 amide bonds. The van der Waals surface area contributed by atoms with Crippen LogP contribution in [0.15, 0.2) is 36.7 Å². The Balaban J connectivity index is 1.63. The number of rotatable bonds is 4. The number of nitrogens with zero attached hydrogens (tertiary/aromatic N) is 3. The number of amides is 1. The molecule has 2 aromatic rings. The maximum atomic E-state index is 13.2. The molecule has 1 aromatic carbocycles. The van der Waals surface area contributed by atoms with Crippen LogP contribution in [0.1, 0.15) is 12.5 Å². The van der Waals surface area contributed by atoms with Crippen molar-refractivity contribution in [3.05, 3.63) is 47.2 Å². The minimum Gasteiger partial charge on any atom is -0.330 e. The van der Waals surface area contributed by atoms with Gasteiger partial charge in [-0.3, -0.25) is 4.79 Å². The van der Waals surface area contributed by atoms with Crippen molar-refractivity contribution in [1.82, 2.24) is 9.97 Å². The summed E-state index contributed by atoms with van der Waals surface area (Å²) in [6.07, 6.45) is -1.27. The van der Waals surface area contributed by atoms with E-state index >= 15 is 0 Å². The van der Waals surface area contributed by atoms with Gasteiger partial charge in [0, 0.05) is 17.4 Å². The molecule has 0 aliphatic carbocycles. The maximum absolute atomic E-state index is 13.2. The third-order valence-electron chi connectivity index (χ3n) is 4.79. The average Bonchev–Trinajstić information content (AvgIpc) is 2.68. The summed E-state index contributed by atoms with van der Waals surface area (Å²) in [7, 11) is 0. The molecular formula is C18H20ClF3N5O+. The van der Waals surface area contributed by atoms with Crippen molar-refractivity contribution in [2.45, 2.75) is 19.1 Å². The molecule has 3 rings (SSSR count). The van der Waals surface area contributed by atoms with Gasteiger partial charge in [-0.25, -0.2) is 9.97 Å². The number of quaternary nitrogens is 1. The summed E-state index contributed by atoms with van der Waals surface area (Å²) >= 11 is 5.68. The Bertz CT molecular complexity index is 826. The van der Waals surface area contributed by atoms with Gasteiger partial charge in [0.1, 0.15) is 0 Å². The highest BCUT2D eigenvalue weighted by Gasteiger charge is 2.36. The fourth-order valence-electron chi connectivity index (χ4n) is 3.17. The standard InChI is InChI=1S/C18H19ClF3N5O/c1-12(26-7-9-27(10-8-26)17-23-5-2-6-24-17)16(28)25-15-4-3-13(19)11-14(15)18(20,21)22/h2-6,11-12H,7-10H2,1H3,(H,25,28)/p+1/t12-/m1/s1. The molecular weight excluding hydrogens is 395 g/mol. The number of hydrogen-bond donors (Lipinski definition) is 2. The van der Waals surface area contributed by atoms with Crippen LogP contribution in [-0.4, -0.2) is 48.1 Å². The van der Waals surface area contributed by atoms with Gasteiger partial charge < -0.3 is 15.1 Å². The summed E-state index contributed by atoms with van der Waals surface area (Å²) in [5, 5.41) is 2.37. The highest BCUT2D eigenvalue weighted by atomic mass is 35.5. The minimum absolute atomic E-state index is 0.0387. The Labute approximate surface area is 165 Å². The van der Waals surface area contributed by atoms with Crippen LogP contribution in [-0.2, 0) is 11.0 Å². The molecule has 1 saturated heterocycles. The van der Waals surface area contributed by atoms with E-state index in [0.29, 0.717) is 32.1 Å². The minimum atomic E-state index is -4.61. The fourth-order valence-corrected chi connectivity index (χ4v) is 3.34. The topological polar surface area (TPSA) is 62.6 Å². The first kappa shape index (κ1) is 20.3. The summed E-state index contributed by atoms with van der Waals surface area (Å²) in [6, 6.07) is 4.55. The van der Waals surface area contributed by atoms with Gasteiger partial charge in [-0.1, -0.05) is 11.6 Å². The van der Waals surface area contributed by atoms with Crippen molar-refractivity contribution in [3.8, 4) is 0 Å². The number of hydrogen-bond acceptors (Lipinski definition) is 4. The van der Waals surface area contributed by atoms with Gasteiger partial charge in [-0.2, -0.15) is 13.2 Å². The van der Waals surface area contributed by atoms with Crippen LogP contribution in [0.4, 0.5) is 24.8 Å². The van der Waals surface area contributed by atoms with Crippen molar-refractivity contribution < 1.29 is 22.9 Å². The molecule has 2 heterocycles. The van der Waals surface area contributed by atoms with Crippen LogP contribution < -0.4 is 15.1 Å². The number of anilines is 2. The lowest BCUT2D eigenvalue weighted by atomic mass is 10.1. The zero-order valence-electron chi connectivity index (χ0n) is 15.1. The van der Waals surface area contributed by atoms with Gasteiger partial charge in [-0.15, -0.1) is 0 Å². The second kappa shape index (κ2) is 8.32. The molecule has 10 heteroatoms. The largest absolute Gasteiger partial charge is 0.418 e. The lowest BCUT2D eigenvalue weighted by Crippen LogP contribution is -3.19. The Morgan fingerprint density at radius 2 is 1.89 bits per heavy atom. The summed E-state index contributed by atoms with van der Waals surface area (Å²) < 4.78 is 39.6. The van der Waals surface area contributed by atoms with Crippen LogP contribution in [0.2, 0.25) is 5.02 Å². The Kier molecular flexibility index (Phi) is 6.04. The molecule has 0 radical (unpaired) electrons. The number of benzene rings is 1. The molecule has 6 nitrogen and oxygen atoms in total. The number of piperazine rings is 1. The quantitative estimate of drug-likeness (QED) is 0.802. The van der Waals surface area contributed by atoms with E-state index in [1.54, 1.807) is 25.4 Å². The number of alkyl halides is 3. The van der Waals surface area contributed by atoms with E-state index in [2.05, 4.69) is 15.3 Å². The van der Waals surface area contributed by atoms with Crippen LogP contribution in [0.3, 0.4) is 0 Å². The predicted molar refractivity (Wildman–Crippen MR) is 99.5 cm³/mol. The molecule has 1 aromatic heterocycles. The number of carbonyl (C=O) groups excluding carboxylic acids is 1. The average molecular weight is 415 g/mol. The Hall–Kier alpha value is -2.39. The monoisotopic (exact) mass is 414 g/mol. The second-order valence-corrected chi connectivity index (χ2v) is 7.03. The van der Waals surface area contributed by atoms with E-state index in [0.717, 1.165) is 11.0 Å². The number of carbonyl (C=O) groups is 1. The van der Waals surface area contributed by atoms with Crippen LogP contribution in [0.5, 0.6) is 0 Å². The van der Waals surface area contributed by atoms with Gasteiger partial charge in [0.15, 0.2) is 6.04 Å². The zero-order valence-corrected chi connectivity index (χ0v) is 15.9. The van der Waals surface area contributed by atoms with Gasteiger partial charge in [-0.05, 0) is 31.2 Å². The van der Waals surface area contributed by atoms with E-state index in [4.69, 9.17) is 11.6 Å². The molecule has 1 aliphatic heterocycles. The maximum Gasteiger partial charge on any atom is 0.418 e. The summed E-state index contributed by atoms with van der Waals surface area (Å²) in [5.74, 6) is 0.168. The lowest BCUT2D eigenvalue weighted by molar-refractivity contribution is -0.914. The van der Waals surface area contributed by atoms with Crippen LogP contribution in [0.25, 0.3) is 0 Å². The summed E-state index contributed by atoms with van der Waals surface area (Å²) in [6.45, 7) is 4.33. The molecule has 0 bridgehead atoms. The Morgan fingerprint density at radius 1 is 1.25 bits per heavy atom. The van der Waals surface area contributed by atoms with Crippen LogP contribution >= 0.6 is 11.6 Å². The van der Waals surface area contributed by atoms with Gasteiger partial charge in [0.05, 0.1) is 37.4 Å². The summed E-state index contributed by atoms with van der Waals surface area (Å²) in [4.78, 5) is 24.0. The second-order valence-electron chi connectivity index (χ2n) is 6.59. The predicted octanol–water partition coefficient (Wildman–Crippen LogP) is 1.88. The highest BCUT2D eigenvalue weighted by molar-refractivity contribution is 6.30. The lowest BCUT2D eigenvalue weighted by Gasteiger charge is -2.34. The van der Waals surface area contributed by atoms with E-state index < -0.39 is 23.7 Å². The number of nitrogens with one attached hydrogen (secondary N) is 2. The molecule has 150 valence electrons. The molecule has 1 fully saturated rings. The molecule has 28 heavy (non-hydrogen) atoms. The molecule has 0 unspecified atom stereocenters. The van der Waals surface area contributed by atoms with Gasteiger partial charge >= 0.3 is 6.18 Å². The summed E-state index contributed by atoms with van der Waals surface area (Å²) in [5.41, 5.74) is -1.24.